The lowest BCUT2D eigenvalue weighted by atomic mass is 10.1. The lowest BCUT2D eigenvalue weighted by Gasteiger charge is -2.01. The molecular formula is C12H17O. The number of unbranched alkanes of at least 4 members (excludes halogenated alkanes) is 1. The maximum absolute atomic E-state index is 5.15. The van der Waals surface area contributed by atoms with Gasteiger partial charge in [-0.15, -0.1) is 0 Å². The first-order valence-corrected chi connectivity index (χ1v) is 4.87. The van der Waals surface area contributed by atoms with Crippen molar-refractivity contribution in [3.05, 3.63) is 42.5 Å². The zero-order valence-corrected chi connectivity index (χ0v) is 8.20. The fraction of sp³-hybridized carbons (Fsp3) is 0.417. The first-order chi connectivity index (χ1) is 6.43. The Morgan fingerprint density at radius 1 is 1.15 bits per heavy atom. The molecule has 0 saturated heterocycles. The molecule has 0 fully saturated rings. The van der Waals surface area contributed by atoms with Crippen LogP contribution in [0.2, 0.25) is 0 Å². The number of ether oxygens (including phenoxy) is 1. The van der Waals surface area contributed by atoms with Crippen LogP contribution in [0, 0.1) is 6.61 Å². The molecule has 71 valence electrons. The Bertz CT molecular complexity index is 206. The van der Waals surface area contributed by atoms with Gasteiger partial charge in [0.15, 0.2) is 0 Å². The molecule has 1 aromatic carbocycles. The molecular weight excluding hydrogens is 160 g/mol. The third-order valence-corrected chi connectivity index (χ3v) is 1.99. The Labute approximate surface area is 80.7 Å². The van der Waals surface area contributed by atoms with E-state index in [-0.39, 0.29) is 0 Å². The van der Waals surface area contributed by atoms with Crippen molar-refractivity contribution in [3.63, 3.8) is 0 Å². The molecule has 13 heavy (non-hydrogen) atoms. The van der Waals surface area contributed by atoms with Crippen LogP contribution in [0.25, 0.3) is 0 Å². The highest BCUT2D eigenvalue weighted by molar-refractivity contribution is 5.14. The number of aryl methyl sites for hydroxylation is 1. The summed E-state index contributed by atoms with van der Waals surface area (Å²) >= 11 is 0. The van der Waals surface area contributed by atoms with E-state index in [9.17, 15) is 0 Å². The monoisotopic (exact) mass is 177 g/mol. The Morgan fingerprint density at radius 3 is 2.62 bits per heavy atom. The van der Waals surface area contributed by atoms with E-state index in [1.54, 1.807) is 6.61 Å². The highest BCUT2D eigenvalue weighted by atomic mass is 16.5. The zero-order chi connectivity index (χ0) is 9.36. The Hall–Kier alpha value is -0.820. The van der Waals surface area contributed by atoms with Crippen molar-refractivity contribution in [2.45, 2.75) is 26.2 Å². The molecule has 0 spiro atoms. The molecule has 1 radical (unpaired) electrons. The van der Waals surface area contributed by atoms with Gasteiger partial charge in [-0.3, -0.25) is 0 Å². The van der Waals surface area contributed by atoms with E-state index in [1.807, 2.05) is 6.92 Å². The zero-order valence-electron chi connectivity index (χ0n) is 8.20. The number of hydrogen-bond acceptors (Lipinski definition) is 1. The predicted octanol–water partition coefficient (Wildman–Crippen LogP) is 3.21. The van der Waals surface area contributed by atoms with Crippen LogP contribution in [0.3, 0.4) is 0 Å². The maximum atomic E-state index is 5.15. The summed E-state index contributed by atoms with van der Waals surface area (Å²) in [6, 6.07) is 10.6. The van der Waals surface area contributed by atoms with Crippen LogP contribution in [-0.2, 0) is 11.2 Å². The summed E-state index contributed by atoms with van der Waals surface area (Å²) in [5, 5.41) is 0. The van der Waals surface area contributed by atoms with Gasteiger partial charge in [-0.05, 0) is 31.7 Å². The van der Waals surface area contributed by atoms with Gasteiger partial charge >= 0.3 is 0 Å². The van der Waals surface area contributed by atoms with Crippen LogP contribution in [0.15, 0.2) is 30.3 Å². The van der Waals surface area contributed by atoms with Crippen LogP contribution in [0.5, 0.6) is 0 Å². The molecule has 1 heteroatoms. The van der Waals surface area contributed by atoms with E-state index in [2.05, 4.69) is 30.3 Å². The summed E-state index contributed by atoms with van der Waals surface area (Å²) in [7, 11) is 0. The lowest BCUT2D eigenvalue weighted by molar-refractivity contribution is 0.198. The van der Waals surface area contributed by atoms with Gasteiger partial charge in [0.2, 0.25) is 0 Å². The van der Waals surface area contributed by atoms with Crippen molar-refractivity contribution < 1.29 is 4.74 Å². The summed E-state index contributed by atoms with van der Waals surface area (Å²) in [4.78, 5) is 0. The van der Waals surface area contributed by atoms with Crippen LogP contribution in [-0.4, -0.2) is 6.61 Å². The molecule has 0 saturated carbocycles. The molecule has 0 unspecified atom stereocenters. The maximum Gasteiger partial charge on any atom is 0.0805 e. The molecule has 1 rings (SSSR count). The number of hydrogen-bond donors (Lipinski definition) is 0. The highest BCUT2D eigenvalue weighted by Gasteiger charge is 1.91. The quantitative estimate of drug-likeness (QED) is 0.606. The van der Waals surface area contributed by atoms with Crippen LogP contribution < -0.4 is 0 Å². The minimum absolute atomic E-state index is 0.851. The second kappa shape index (κ2) is 6.67. The molecule has 0 N–H and O–H groups in total. The average molecular weight is 177 g/mol. The molecule has 0 aromatic heterocycles. The Balaban J connectivity index is 2.07. The number of benzene rings is 1. The molecule has 1 nitrogen and oxygen atoms in total. The largest absolute Gasteiger partial charge is 0.376 e. The van der Waals surface area contributed by atoms with Gasteiger partial charge in [0.25, 0.3) is 0 Å². The average Bonchev–Trinajstić information content (AvgIpc) is 2.19. The molecule has 0 atom stereocenters. The van der Waals surface area contributed by atoms with Crippen LogP contribution in [0.4, 0.5) is 0 Å². The van der Waals surface area contributed by atoms with Crippen molar-refractivity contribution >= 4 is 0 Å². The normalized spacial score (nSPS) is 10.2. The predicted molar refractivity (Wildman–Crippen MR) is 55.3 cm³/mol. The summed E-state index contributed by atoms with van der Waals surface area (Å²) in [6.45, 7) is 4.52. The van der Waals surface area contributed by atoms with Crippen molar-refractivity contribution in [2.75, 3.05) is 6.61 Å². The summed E-state index contributed by atoms with van der Waals surface area (Å²) in [5.74, 6) is 0. The standard InChI is InChI=1S/C12H17O/c1-2-13-11-7-6-10-12-8-4-3-5-9-12/h2-5,8-9H,6-7,10-11H2,1H3. The van der Waals surface area contributed by atoms with Crippen molar-refractivity contribution in [1.82, 2.24) is 0 Å². The molecule has 0 aliphatic carbocycles. The van der Waals surface area contributed by atoms with E-state index >= 15 is 0 Å². The summed E-state index contributed by atoms with van der Waals surface area (Å²) in [6.07, 6.45) is 3.50. The Kier molecular flexibility index (Phi) is 5.27. The van der Waals surface area contributed by atoms with E-state index in [0.29, 0.717) is 0 Å². The van der Waals surface area contributed by atoms with Crippen LogP contribution >= 0.6 is 0 Å². The topological polar surface area (TPSA) is 9.23 Å². The first kappa shape index (κ1) is 10.3. The molecule has 0 bridgehead atoms. The van der Waals surface area contributed by atoms with Gasteiger partial charge in [0.1, 0.15) is 0 Å². The van der Waals surface area contributed by atoms with Gasteiger partial charge in [-0.25, -0.2) is 0 Å². The van der Waals surface area contributed by atoms with Crippen LogP contribution in [0.1, 0.15) is 25.3 Å². The first-order valence-electron chi connectivity index (χ1n) is 4.87. The fourth-order valence-corrected chi connectivity index (χ4v) is 1.28. The minimum Gasteiger partial charge on any atom is -0.376 e. The summed E-state index contributed by atoms with van der Waals surface area (Å²) in [5.41, 5.74) is 1.42. The molecule has 0 amide bonds. The van der Waals surface area contributed by atoms with Crippen molar-refractivity contribution in [2.24, 2.45) is 0 Å². The van der Waals surface area contributed by atoms with Gasteiger partial charge in [0, 0.05) is 6.61 Å². The van der Waals surface area contributed by atoms with E-state index in [4.69, 9.17) is 4.74 Å². The Morgan fingerprint density at radius 2 is 1.92 bits per heavy atom. The van der Waals surface area contributed by atoms with E-state index in [0.717, 1.165) is 19.4 Å². The summed E-state index contributed by atoms with van der Waals surface area (Å²) < 4.78 is 5.15. The molecule has 0 aliphatic rings. The van der Waals surface area contributed by atoms with Crippen molar-refractivity contribution in [1.29, 1.82) is 0 Å². The fourth-order valence-electron chi connectivity index (χ4n) is 1.28. The molecule has 0 aliphatic heterocycles. The van der Waals surface area contributed by atoms with Gasteiger partial charge < -0.3 is 4.74 Å². The van der Waals surface area contributed by atoms with E-state index in [1.165, 1.54) is 12.0 Å². The third-order valence-electron chi connectivity index (χ3n) is 1.99. The van der Waals surface area contributed by atoms with Crippen molar-refractivity contribution in [3.8, 4) is 0 Å². The smallest absolute Gasteiger partial charge is 0.0805 e. The SMILES string of the molecule is C[CH]OCCCCc1ccccc1. The number of rotatable bonds is 6. The lowest BCUT2D eigenvalue weighted by Crippen LogP contribution is -1.91. The van der Waals surface area contributed by atoms with E-state index < -0.39 is 0 Å². The second-order valence-corrected chi connectivity index (χ2v) is 3.05. The highest BCUT2D eigenvalue weighted by Crippen LogP contribution is 2.04. The molecule has 1 aromatic rings. The minimum atomic E-state index is 0.851. The van der Waals surface area contributed by atoms with Gasteiger partial charge in [-0.1, -0.05) is 30.3 Å². The third kappa shape index (κ3) is 4.69. The second-order valence-electron chi connectivity index (χ2n) is 3.05. The van der Waals surface area contributed by atoms with Gasteiger partial charge in [-0.2, -0.15) is 0 Å². The van der Waals surface area contributed by atoms with Gasteiger partial charge in [0.05, 0.1) is 6.61 Å². The molecule has 0 heterocycles.